The fourth-order valence-electron chi connectivity index (χ4n) is 3.43. The van der Waals surface area contributed by atoms with E-state index in [1.54, 1.807) is 18.2 Å². The van der Waals surface area contributed by atoms with Crippen molar-refractivity contribution in [2.45, 2.75) is 9.79 Å². The van der Waals surface area contributed by atoms with Gasteiger partial charge in [0, 0.05) is 16.7 Å². The van der Waals surface area contributed by atoms with Gasteiger partial charge in [0.15, 0.2) is 11.6 Å². The second-order valence-electron chi connectivity index (χ2n) is 6.42. The van der Waals surface area contributed by atoms with Gasteiger partial charge in [-0.2, -0.15) is 8.75 Å². The molecule has 0 aliphatic heterocycles. The number of fused-ring (bicyclic) bond motifs is 4. The number of hydrogen-bond donors (Lipinski definition) is 0. The molecule has 1 aliphatic rings. The van der Waals surface area contributed by atoms with Crippen LogP contribution in [0.15, 0.2) is 64.4 Å². The van der Waals surface area contributed by atoms with Crippen molar-refractivity contribution in [3.8, 4) is 0 Å². The van der Waals surface area contributed by atoms with Crippen LogP contribution in [0.25, 0.3) is 11.0 Å². The van der Waals surface area contributed by atoms with E-state index in [9.17, 15) is 22.4 Å². The molecule has 5 rings (SSSR count). The Bertz CT molecular complexity index is 1460. The van der Waals surface area contributed by atoms with Crippen LogP contribution in [0.1, 0.15) is 31.8 Å². The Balaban J connectivity index is 1.83. The lowest BCUT2D eigenvalue weighted by Crippen LogP contribution is -2.22. The predicted octanol–water partition coefficient (Wildman–Crippen LogP) is 3.44. The second-order valence-corrected chi connectivity index (χ2v) is 8.87. The van der Waals surface area contributed by atoms with Crippen LogP contribution in [0, 0.1) is 5.82 Å². The van der Waals surface area contributed by atoms with Crippen LogP contribution < -0.4 is 0 Å². The zero-order chi connectivity index (χ0) is 20.3. The number of carbonyl (C=O) groups excluding carboxylic acids is 2. The Labute approximate surface area is 167 Å². The minimum absolute atomic E-state index is 0.0126. The van der Waals surface area contributed by atoms with Gasteiger partial charge in [-0.05, 0) is 30.3 Å². The monoisotopic (exact) mass is 424 g/mol. The Morgan fingerprint density at radius 3 is 2.10 bits per heavy atom. The highest BCUT2D eigenvalue weighted by Gasteiger charge is 2.35. The number of rotatable bonds is 2. The first-order chi connectivity index (χ1) is 13.9. The molecule has 0 fully saturated rings. The number of hydrogen-bond acceptors (Lipinski definition) is 7. The average molecular weight is 424 g/mol. The van der Waals surface area contributed by atoms with E-state index in [0.717, 1.165) is 36.0 Å². The summed E-state index contributed by atoms with van der Waals surface area (Å²) in [5.41, 5.74) is 0.552. The number of sulfone groups is 1. The first kappa shape index (κ1) is 17.8. The summed E-state index contributed by atoms with van der Waals surface area (Å²) in [5, 5.41) is 0. The largest absolute Gasteiger partial charge is 0.289 e. The summed E-state index contributed by atoms with van der Waals surface area (Å²) in [5.74, 6) is -1.44. The van der Waals surface area contributed by atoms with E-state index in [-0.39, 0.29) is 43.1 Å². The van der Waals surface area contributed by atoms with Crippen molar-refractivity contribution in [3.05, 3.63) is 82.7 Å². The Hall–Kier alpha value is -3.30. The summed E-state index contributed by atoms with van der Waals surface area (Å²) < 4.78 is 47.8. The highest BCUT2D eigenvalue weighted by atomic mass is 32.2. The molecule has 0 spiro atoms. The molecule has 1 heterocycles. The SMILES string of the molecule is O=C1c2ccccc2C(=O)c2c1cc(S(=O)(=O)c1ccc(F)cc1)c1nsnc21. The Morgan fingerprint density at radius 2 is 1.41 bits per heavy atom. The maximum atomic E-state index is 13.2. The molecule has 0 radical (unpaired) electrons. The summed E-state index contributed by atoms with van der Waals surface area (Å²) in [6, 6.07) is 11.9. The maximum Gasteiger partial charge on any atom is 0.208 e. The molecule has 0 atom stereocenters. The third-order valence-electron chi connectivity index (χ3n) is 4.80. The molecule has 29 heavy (non-hydrogen) atoms. The summed E-state index contributed by atoms with van der Waals surface area (Å²) in [6.07, 6.45) is 0. The van der Waals surface area contributed by atoms with Gasteiger partial charge in [0.2, 0.25) is 9.84 Å². The van der Waals surface area contributed by atoms with Crippen molar-refractivity contribution in [2.24, 2.45) is 0 Å². The molecule has 6 nitrogen and oxygen atoms in total. The van der Waals surface area contributed by atoms with Crippen molar-refractivity contribution < 1.29 is 22.4 Å². The fourth-order valence-corrected chi connectivity index (χ4v) is 5.47. The molecular weight excluding hydrogens is 415 g/mol. The van der Waals surface area contributed by atoms with Crippen molar-refractivity contribution >= 4 is 44.2 Å². The average Bonchev–Trinajstić information content (AvgIpc) is 3.21. The van der Waals surface area contributed by atoms with Crippen molar-refractivity contribution in [1.29, 1.82) is 0 Å². The normalized spacial score (nSPS) is 13.4. The van der Waals surface area contributed by atoms with Gasteiger partial charge in [-0.25, -0.2) is 12.8 Å². The van der Waals surface area contributed by atoms with Crippen LogP contribution in [-0.4, -0.2) is 28.7 Å². The number of aromatic nitrogens is 2. The molecular formula is C20H9FN2O4S2. The first-order valence-corrected chi connectivity index (χ1v) is 10.6. The van der Waals surface area contributed by atoms with Gasteiger partial charge in [-0.3, -0.25) is 9.59 Å². The van der Waals surface area contributed by atoms with E-state index in [0.29, 0.717) is 0 Å². The number of ketones is 2. The van der Waals surface area contributed by atoms with E-state index in [4.69, 9.17) is 0 Å². The van der Waals surface area contributed by atoms with E-state index < -0.39 is 27.2 Å². The Morgan fingerprint density at radius 1 is 0.793 bits per heavy atom. The van der Waals surface area contributed by atoms with Gasteiger partial charge in [0.05, 0.1) is 22.2 Å². The van der Waals surface area contributed by atoms with Crippen molar-refractivity contribution in [2.75, 3.05) is 0 Å². The predicted molar refractivity (Wildman–Crippen MR) is 103 cm³/mol. The van der Waals surface area contributed by atoms with E-state index in [1.807, 2.05) is 0 Å². The molecule has 0 unspecified atom stereocenters. The second kappa shape index (κ2) is 6.10. The van der Waals surface area contributed by atoms with Crippen LogP contribution in [0.4, 0.5) is 4.39 Å². The van der Waals surface area contributed by atoms with Crippen LogP contribution >= 0.6 is 11.7 Å². The van der Waals surface area contributed by atoms with Gasteiger partial charge in [0.1, 0.15) is 21.7 Å². The molecule has 1 aromatic heterocycles. The molecule has 0 saturated carbocycles. The standard InChI is InChI=1S/C20H9FN2O4S2/c21-10-5-7-11(8-6-10)29(26,27)15-9-14-16(18-17(15)22-28-23-18)20(25)13-4-2-1-3-12(13)19(14)24/h1-9H. The third-order valence-corrected chi connectivity index (χ3v) is 7.12. The topological polar surface area (TPSA) is 94.1 Å². The van der Waals surface area contributed by atoms with Crippen molar-refractivity contribution in [3.63, 3.8) is 0 Å². The third kappa shape index (κ3) is 2.48. The van der Waals surface area contributed by atoms with E-state index >= 15 is 0 Å². The molecule has 142 valence electrons. The highest BCUT2D eigenvalue weighted by Crippen LogP contribution is 2.36. The first-order valence-electron chi connectivity index (χ1n) is 8.38. The van der Waals surface area contributed by atoms with E-state index in [2.05, 4.69) is 8.75 Å². The lowest BCUT2D eigenvalue weighted by atomic mass is 9.83. The van der Waals surface area contributed by atoms with Gasteiger partial charge < -0.3 is 0 Å². The molecule has 0 saturated heterocycles. The zero-order valence-electron chi connectivity index (χ0n) is 14.4. The fraction of sp³-hybridized carbons (Fsp3) is 0. The van der Waals surface area contributed by atoms with E-state index in [1.165, 1.54) is 12.1 Å². The minimum atomic E-state index is -4.13. The van der Waals surface area contributed by atoms with Crippen LogP contribution in [0.5, 0.6) is 0 Å². The molecule has 3 aromatic carbocycles. The number of halogens is 1. The van der Waals surface area contributed by atoms with Gasteiger partial charge in [-0.1, -0.05) is 24.3 Å². The summed E-state index contributed by atoms with van der Waals surface area (Å²) in [6.45, 7) is 0. The van der Waals surface area contributed by atoms with Gasteiger partial charge in [0.25, 0.3) is 0 Å². The van der Waals surface area contributed by atoms with Crippen LogP contribution in [0.3, 0.4) is 0 Å². The molecule has 9 heteroatoms. The van der Waals surface area contributed by atoms with Crippen LogP contribution in [0.2, 0.25) is 0 Å². The molecule has 1 aliphatic carbocycles. The highest BCUT2D eigenvalue weighted by molar-refractivity contribution is 7.91. The lowest BCUT2D eigenvalue weighted by molar-refractivity contribution is 0.0980. The molecule has 0 bridgehead atoms. The smallest absolute Gasteiger partial charge is 0.208 e. The summed E-state index contributed by atoms with van der Waals surface area (Å²) in [4.78, 5) is 25.7. The quantitative estimate of drug-likeness (QED) is 0.403. The zero-order valence-corrected chi connectivity index (χ0v) is 16.1. The summed E-state index contributed by atoms with van der Waals surface area (Å²) >= 11 is 0.750. The molecule has 4 aromatic rings. The molecule has 0 N–H and O–H groups in total. The number of benzene rings is 3. The van der Waals surface area contributed by atoms with Gasteiger partial charge >= 0.3 is 0 Å². The summed E-state index contributed by atoms with van der Waals surface area (Å²) in [7, 11) is -4.13. The van der Waals surface area contributed by atoms with Crippen LogP contribution in [-0.2, 0) is 9.84 Å². The number of nitrogens with zero attached hydrogens (tertiary/aromatic N) is 2. The Kier molecular flexibility index (Phi) is 3.74. The lowest BCUT2D eigenvalue weighted by Gasteiger charge is -2.18. The number of carbonyl (C=O) groups is 2. The minimum Gasteiger partial charge on any atom is -0.289 e. The maximum absolute atomic E-state index is 13.2. The molecule has 0 amide bonds. The van der Waals surface area contributed by atoms with Gasteiger partial charge in [-0.15, -0.1) is 0 Å². The van der Waals surface area contributed by atoms with Crippen molar-refractivity contribution in [1.82, 2.24) is 8.75 Å².